The van der Waals surface area contributed by atoms with Gasteiger partial charge in [0.2, 0.25) is 0 Å². The first-order valence-corrected chi connectivity index (χ1v) is 8.49. The SMILES string of the molecule is CN(CC(O)c1ccccc1)S(=O)(=O)c1ccc(Cl)s1. The molecule has 20 heavy (non-hydrogen) atoms. The largest absolute Gasteiger partial charge is 0.387 e. The van der Waals surface area contributed by atoms with Crippen molar-refractivity contribution >= 4 is 33.0 Å². The highest BCUT2D eigenvalue weighted by Crippen LogP contribution is 2.28. The van der Waals surface area contributed by atoms with Gasteiger partial charge < -0.3 is 5.11 Å². The Kier molecular flexibility index (Phi) is 4.82. The number of benzene rings is 1. The van der Waals surface area contributed by atoms with Crippen LogP contribution in [0.1, 0.15) is 11.7 Å². The molecule has 0 spiro atoms. The van der Waals surface area contributed by atoms with E-state index >= 15 is 0 Å². The second kappa shape index (κ2) is 6.24. The van der Waals surface area contributed by atoms with E-state index in [0.717, 1.165) is 15.6 Å². The van der Waals surface area contributed by atoms with E-state index in [4.69, 9.17) is 11.6 Å². The summed E-state index contributed by atoms with van der Waals surface area (Å²) in [5.74, 6) is 0. The number of hydrogen-bond acceptors (Lipinski definition) is 4. The second-order valence-corrected chi connectivity index (χ2v) is 8.26. The highest BCUT2D eigenvalue weighted by Gasteiger charge is 2.25. The van der Waals surface area contributed by atoms with E-state index in [0.29, 0.717) is 9.90 Å². The molecule has 1 heterocycles. The Morgan fingerprint density at radius 2 is 1.90 bits per heavy atom. The van der Waals surface area contributed by atoms with Gasteiger partial charge in [-0.05, 0) is 17.7 Å². The molecule has 108 valence electrons. The number of aliphatic hydroxyl groups is 1. The molecule has 1 unspecified atom stereocenters. The minimum atomic E-state index is -3.61. The zero-order chi connectivity index (χ0) is 14.8. The van der Waals surface area contributed by atoms with Crippen LogP contribution in [0.3, 0.4) is 0 Å². The Bertz CT molecular complexity index is 670. The predicted octanol–water partition coefficient (Wildman–Crippen LogP) is 2.76. The van der Waals surface area contributed by atoms with Crippen molar-refractivity contribution in [3.63, 3.8) is 0 Å². The molecule has 1 N–H and O–H groups in total. The van der Waals surface area contributed by atoms with Crippen LogP contribution in [0, 0.1) is 0 Å². The first-order valence-electron chi connectivity index (χ1n) is 5.86. The van der Waals surface area contributed by atoms with Crippen molar-refractivity contribution in [2.24, 2.45) is 0 Å². The second-order valence-electron chi connectivity index (χ2n) is 4.27. The summed E-state index contributed by atoms with van der Waals surface area (Å²) in [5, 5.41) is 10.1. The first kappa shape index (κ1) is 15.5. The molecule has 0 fully saturated rings. The Labute approximate surface area is 127 Å². The fourth-order valence-electron chi connectivity index (χ4n) is 1.71. The van der Waals surface area contributed by atoms with Crippen molar-refractivity contribution in [1.82, 2.24) is 4.31 Å². The van der Waals surface area contributed by atoms with Gasteiger partial charge in [-0.15, -0.1) is 11.3 Å². The van der Waals surface area contributed by atoms with Crippen LogP contribution in [0.25, 0.3) is 0 Å². The standard InChI is InChI=1S/C13H14ClNO3S2/c1-15(9-11(16)10-5-3-2-4-6-10)20(17,18)13-8-7-12(14)19-13/h2-8,11,16H,9H2,1H3. The smallest absolute Gasteiger partial charge is 0.252 e. The highest BCUT2D eigenvalue weighted by atomic mass is 35.5. The van der Waals surface area contributed by atoms with Gasteiger partial charge in [0.15, 0.2) is 0 Å². The van der Waals surface area contributed by atoms with E-state index in [1.807, 2.05) is 6.07 Å². The monoisotopic (exact) mass is 331 g/mol. The average Bonchev–Trinajstić information content (AvgIpc) is 2.87. The van der Waals surface area contributed by atoms with Crippen LogP contribution in [-0.2, 0) is 10.0 Å². The molecule has 0 aliphatic carbocycles. The van der Waals surface area contributed by atoms with Gasteiger partial charge in [0.1, 0.15) is 4.21 Å². The molecule has 0 saturated heterocycles. The molecule has 1 aromatic heterocycles. The maximum Gasteiger partial charge on any atom is 0.252 e. The van der Waals surface area contributed by atoms with Gasteiger partial charge >= 0.3 is 0 Å². The van der Waals surface area contributed by atoms with Crippen LogP contribution < -0.4 is 0 Å². The summed E-state index contributed by atoms with van der Waals surface area (Å²) < 4.78 is 26.3. The quantitative estimate of drug-likeness (QED) is 0.916. The van der Waals surface area contributed by atoms with Gasteiger partial charge in [0, 0.05) is 13.6 Å². The molecule has 1 aromatic carbocycles. The summed E-state index contributed by atoms with van der Waals surface area (Å²) >= 11 is 6.76. The molecule has 7 heteroatoms. The summed E-state index contributed by atoms with van der Waals surface area (Å²) in [6.07, 6.45) is -0.869. The summed E-state index contributed by atoms with van der Waals surface area (Å²) in [4.78, 5) is 0. The minimum absolute atomic E-state index is 0.0120. The number of likely N-dealkylation sites (N-methyl/N-ethyl adjacent to an activating group) is 1. The number of rotatable bonds is 5. The molecule has 0 saturated carbocycles. The first-order chi connectivity index (χ1) is 9.41. The maximum atomic E-state index is 12.3. The van der Waals surface area contributed by atoms with Crippen molar-refractivity contribution in [2.75, 3.05) is 13.6 Å². The van der Waals surface area contributed by atoms with Gasteiger partial charge in [-0.3, -0.25) is 0 Å². The van der Waals surface area contributed by atoms with Gasteiger partial charge in [-0.2, -0.15) is 4.31 Å². The summed E-state index contributed by atoms with van der Waals surface area (Å²) in [6, 6.07) is 12.0. The van der Waals surface area contributed by atoms with Crippen molar-refractivity contribution < 1.29 is 13.5 Å². The normalized spacial score (nSPS) is 13.6. The molecule has 0 amide bonds. The van der Waals surface area contributed by atoms with E-state index < -0.39 is 16.1 Å². The van der Waals surface area contributed by atoms with Crippen LogP contribution in [0.4, 0.5) is 0 Å². The third kappa shape index (κ3) is 3.39. The molecule has 0 aliphatic heterocycles. The molecule has 0 radical (unpaired) electrons. The lowest BCUT2D eigenvalue weighted by Gasteiger charge is -2.20. The Morgan fingerprint density at radius 1 is 1.25 bits per heavy atom. The van der Waals surface area contributed by atoms with Crippen LogP contribution in [0.2, 0.25) is 4.34 Å². The van der Waals surface area contributed by atoms with Gasteiger partial charge in [0.25, 0.3) is 10.0 Å². The van der Waals surface area contributed by atoms with Crippen molar-refractivity contribution in [2.45, 2.75) is 10.3 Å². The number of hydrogen-bond donors (Lipinski definition) is 1. The molecular formula is C13H14ClNO3S2. The van der Waals surface area contributed by atoms with E-state index in [1.54, 1.807) is 30.3 Å². The van der Waals surface area contributed by atoms with Crippen molar-refractivity contribution in [1.29, 1.82) is 0 Å². The van der Waals surface area contributed by atoms with E-state index in [-0.39, 0.29) is 10.8 Å². The number of aliphatic hydroxyl groups excluding tert-OH is 1. The summed E-state index contributed by atoms with van der Waals surface area (Å²) in [6.45, 7) is -0.0120. The zero-order valence-corrected chi connectivity index (χ0v) is 13.1. The molecule has 0 bridgehead atoms. The molecule has 4 nitrogen and oxygen atoms in total. The minimum Gasteiger partial charge on any atom is -0.387 e. The van der Waals surface area contributed by atoms with E-state index in [9.17, 15) is 13.5 Å². The van der Waals surface area contributed by atoms with Crippen LogP contribution in [0.5, 0.6) is 0 Å². The third-order valence-electron chi connectivity index (χ3n) is 2.83. The zero-order valence-electron chi connectivity index (χ0n) is 10.7. The fraction of sp³-hybridized carbons (Fsp3) is 0.231. The van der Waals surface area contributed by atoms with Crippen LogP contribution >= 0.6 is 22.9 Å². The Morgan fingerprint density at radius 3 is 2.45 bits per heavy atom. The van der Waals surface area contributed by atoms with Gasteiger partial charge in [-0.1, -0.05) is 41.9 Å². The number of sulfonamides is 1. The Balaban J connectivity index is 2.14. The van der Waals surface area contributed by atoms with Crippen LogP contribution in [0.15, 0.2) is 46.7 Å². The molecule has 0 aliphatic rings. The molecule has 2 rings (SSSR count). The lowest BCUT2D eigenvalue weighted by molar-refractivity contribution is 0.155. The van der Waals surface area contributed by atoms with Gasteiger partial charge in [0.05, 0.1) is 10.4 Å². The van der Waals surface area contributed by atoms with Crippen LogP contribution in [-0.4, -0.2) is 31.4 Å². The topological polar surface area (TPSA) is 57.6 Å². The van der Waals surface area contributed by atoms with Crippen molar-refractivity contribution in [3.05, 3.63) is 52.4 Å². The molecule has 1 atom stereocenters. The summed E-state index contributed by atoms with van der Waals surface area (Å²) in [5.41, 5.74) is 0.679. The average molecular weight is 332 g/mol. The van der Waals surface area contributed by atoms with Gasteiger partial charge in [-0.25, -0.2) is 8.42 Å². The number of halogens is 1. The fourth-order valence-corrected chi connectivity index (χ4v) is 4.58. The lowest BCUT2D eigenvalue weighted by Crippen LogP contribution is -2.30. The Hall–Kier alpha value is -0.920. The lowest BCUT2D eigenvalue weighted by atomic mass is 10.1. The maximum absolute atomic E-state index is 12.3. The number of thiophene rings is 1. The third-order valence-corrected chi connectivity index (χ3v) is 6.35. The highest BCUT2D eigenvalue weighted by molar-refractivity contribution is 7.91. The van der Waals surface area contributed by atoms with E-state index in [2.05, 4.69) is 0 Å². The molecule has 2 aromatic rings. The predicted molar refractivity (Wildman–Crippen MR) is 80.5 cm³/mol. The van der Waals surface area contributed by atoms with Crippen molar-refractivity contribution in [3.8, 4) is 0 Å². The number of nitrogens with zero attached hydrogens (tertiary/aromatic N) is 1. The summed E-state index contributed by atoms with van der Waals surface area (Å²) in [7, 11) is -2.17. The molecular weight excluding hydrogens is 318 g/mol. The van der Waals surface area contributed by atoms with E-state index in [1.165, 1.54) is 13.1 Å².